The highest BCUT2D eigenvalue weighted by atomic mass is 35.5. The number of benzene rings is 1. The minimum absolute atomic E-state index is 0.663. The highest BCUT2D eigenvalue weighted by Gasteiger charge is 2.35. The summed E-state index contributed by atoms with van der Waals surface area (Å²) in [6, 6.07) is 8.35. The molecule has 3 nitrogen and oxygen atoms in total. The molecule has 128 valence electrons. The van der Waals surface area contributed by atoms with Crippen LogP contribution in [0, 0.1) is 5.92 Å². The van der Waals surface area contributed by atoms with E-state index in [4.69, 9.17) is 11.6 Å². The van der Waals surface area contributed by atoms with Gasteiger partial charge in [0.25, 0.3) is 0 Å². The minimum atomic E-state index is -0.680. The van der Waals surface area contributed by atoms with Gasteiger partial charge in [-0.2, -0.15) is 0 Å². The Labute approximate surface area is 145 Å². The number of rotatable bonds is 4. The lowest BCUT2D eigenvalue weighted by molar-refractivity contribution is -0.0285. The number of hydrogen-bond donors (Lipinski definition) is 1. The van der Waals surface area contributed by atoms with Gasteiger partial charge in [0, 0.05) is 37.2 Å². The van der Waals surface area contributed by atoms with Crippen molar-refractivity contribution in [2.75, 3.05) is 32.7 Å². The molecule has 0 unspecified atom stereocenters. The van der Waals surface area contributed by atoms with E-state index in [1.807, 2.05) is 24.3 Å². The Kier molecular flexibility index (Phi) is 5.32. The molecular formula is C19H29ClN2O. The van der Waals surface area contributed by atoms with Gasteiger partial charge in [0.2, 0.25) is 0 Å². The maximum atomic E-state index is 10.9. The molecule has 2 heterocycles. The summed E-state index contributed by atoms with van der Waals surface area (Å²) in [5.41, 5.74) is 0.328. The molecule has 2 aliphatic rings. The second-order valence-corrected chi connectivity index (χ2v) is 8.02. The fraction of sp³-hybridized carbons (Fsp3) is 0.684. The molecule has 1 N–H and O–H groups in total. The third kappa shape index (κ3) is 4.08. The summed E-state index contributed by atoms with van der Waals surface area (Å²) in [6.45, 7) is 10.2. The van der Waals surface area contributed by atoms with Crippen molar-refractivity contribution >= 4 is 11.6 Å². The Morgan fingerprint density at radius 3 is 2.39 bits per heavy atom. The summed E-state index contributed by atoms with van der Waals surface area (Å²) in [5.74, 6) is 0.791. The lowest BCUT2D eigenvalue weighted by atomic mass is 9.84. The van der Waals surface area contributed by atoms with Gasteiger partial charge >= 0.3 is 0 Å². The van der Waals surface area contributed by atoms with Crippen molar-refractivity contribution in [3.8, 4) is 0 Å². The average molecular weight is 337 g/mol. The maximum Gasteiger partial charge on any atom is 0.0920 e. The number of aliphatic hydroxyl groups is 1. The fourth-order valence-electron chi connectivity index (χ4n) is 4.00. The first-order valence-electron chi connectivity index (χ1n) is 8.91. The van der Waals surface area contributed by atoms with Gasteiger partial charge in [-0.05, 0) is 63.3 Å². The van der Waals surface area contributed by atoms with Gasteiger partial charge in [-0.3, -0.25) is 0 Å². The van der Waals surface area contributed by atoms with Gasteiger partial charge in [-0.1, -0.05) is 23.7 Å². The van der Waals surface area contributed by atoms with Crippen molar-refractivity contribution in [2.45, 2.75) is 44.8 Å². The van der Waals surface area contributed by atoms with Crippen molar-refractivity contribution in [1.82, 2.24) is 9.80 Å². The Morgan fingerprint density at radius 1 is 1.17 bits per heavy atom. The first-order chi connectivity index (χ1) is 11.0. The molecule has 4 heteroatoms. The highest BCUT2D eigenvalue weighted by Crippen LogP contribution is 2.34. The van der Waals surface area contributed by atoms with Crippen LogP contribution in [-0.4, -0.2) is 53.7 Å². The number of likely N-dealkylation sites (tertiary alicyclic amines) is 2. The molecule has 0 aromatic heterocycles. The van der Waals surface area contributed by atoms with Gasteiger partial charge in [-0.15, -0.1) is 0 Å². The molecule has 0 bridgehead atoms. The van der Waals surface area contributed by atoms with E-state index < -0.39 is 5.60 Å². The lowest BCUT2D eigenvalue weighted by Gasteiger charge is -2.39. The van der Waals surface area contributed by atoms with Gasteiger partial charge in [0.1, 0.15) is 0 Å². The molecule has 2 aliphatic heterocycles. The summed E-state index contributed by atoms with van der Waals surface area (Å²) >= 11 is 5.95. The van der Waals surface area contributed by atoms with Crippen molar-refractivity contribution in [2.24, 2.45) is 5.92 Å². The molecule has 0 radical (unpaired) electrons. The Morgan fingerprint density at radius 2 is 1.83 bits per heavy atom. The van der Waals surface area contributed by atoms with Crippen LogP contribution >= 0.6 is 11.6 Å². The summed E-state index contributed by atoms with van der Waals surface area (Å²) in [4.78, 5) is 5.12. The van der Waals surface area contributed by atoms with E-state index in [1.54, 1.807) is 0 Å². The lowest BCUT2D eigenvalue weighted by Crippen LogP contribution is -2.44. The predicted octanol–water partition coefficient (Wildman–Crippen LogP) is 3.35. The van der Waals surface area contributed by atoms with Crippen LogP contribution in [0.1, 0.15) is 38.7 Å². The largest absolute Gasteiger partial charge is 0.385 e. The van der Waals surface area contributed by atoms with E-state index in [0.29, 0.717) is 6.04 Å². The van der Waals surface area contributed by atoms with Crippen LogP contribution in [-0.2, 0) is 5.60 Å². The van der Waals surface area contributed by atoms with Crippen molar-refractivity contribution in [3.63, 3.8) is 0 Å². The summed E-state index contributed by atoms with van der Waals surface area (Å²) in [5, 5.41) is 11.7. The molecule has 3 rings (SSSR count). The predicted molar refractivity (Wildman–Crippen MR) is 95.8 cm³/mol. The quantitative estimate of drug-likeness (QED) is 0.913. The molecule has 0 saturated carbocycles. The normalized spacial score (nSPS) is 26.0. The first-order valence-corrected chi connectivity index (χ1v) is 9.29. The molecule has 2 saturated heterocycles. The molecule has 1 aromatic carbocycles. The standard InChI is InChI=1S/C19H29ClN2O/c1-15(2)22-10-7-16(14-22)13-21-11-8-19(23,9-12-21)17-3-5-18(20)6-4-17/h3-6,15-16,23H,7-14H2,1-2H3/t16-/m0/s1. The van der Waals surface area contributed by atoms with Gasteiger partial charge < -0.3 is 14.9 Å². The second-order valence-electron chi connectivity index (χ2n) is 7.58. The zero-order valence-electron chi connectivity index (χ0n) is 14.3. The molecule has 23 heavy (non-hydrogen) atoms. The zero-order chi connectivity index (χ0) is 16.4. The SMILES string of the molecule is CC(C)N1CC[C@@H](CN2CCC(O)(c3ccc(Cl)cc3)CC2)C1. The van der Waals surface area contributed by atoms with E-state index in [-0.39, 0.29) is 0 Å². The summed E-state index contributed by atoms with van der Waals surface area (Å²) in [7, 11) is 0. The van der Waals surface area contributed by atoms with Crippen LogP contribution in [0.25, 0.3) is 0 Å². The minimum Gasteiger partial charge on any atom is -0.385 e. The van der Waals surface area contributed by atoms with Crippen LogP contribution in [0.3, 0.4) is 0 Å². The molecule has 2 fully saturated rings. The molecule has 1 atom stereocenters. The average Bonchev–Trinajstić information content (AvgIpc) is 2.99. The molecule has 0 aliphatic carbocycles. The van der Waals surface area contributed by atoms with Crippen LogP contribution < -0.4 is 0 Å². The van der Waals surface area contributed by atoms with Crippen LogP contribution in [0.5, 0.6) is 0 Å². The maximum absolute atomic E-state index is 10.9. The summed E-state index contributed by atoms with van der Waals surface area (Å²) < 4.78 is 0. The van der Waals surface area contributed by atoms with Gasteiger partial charge in [0.15, 0.2) is 0 Å². The van der Waals surface area contributed by atoms with E-state index in [2.05, 4.69) is 23.6 Å². The number of halogens is 1. The third-order valence-electron chi connectivity index (χ3n) is 5.63. The Hall–Kier alpha value is -0.610. The number of hydrogen-bond acceptors (Lipinski definition) is 3. The van der Waals surface area contributed by atoms with E-state index in [9.17, 15) is 5.11 Å². The van der Waals surface area contributed by atoms with Crippen LogP contribution in [0.2, 0.25) is 5.02 Å². The first kappa shape index (κ1) is 17.2. The summed E-state index contributed by atoms with van der Waals surface area (Å²) in [6.07, 6.45) is 2.95. The fourth-order valence-corrected chi connectivity index (χ4v) is 4.13. The molecule has 1 aromatic rings. The van der Waals surface area contributed by atoms with Crippen LogP contribution in [0.4, 0.5) is 0 Å². The van der Waals surface area contributed by atoms with E-state index in [0.717, 1.165) is 42.4 Å². The smallest absolute Gasteiger partial charge is 0.0920 e. The van der Waals surface area contributed by atoms with Crippen LogP contribution in [0.15, 0.2) is 24.3 Å². The van der Waals surface area contributed by atoms with Crippen molar-refractivity contribution in [1.29, 1.82) is 0 Å². The Balaban J connectivity index is 1.51. The van der Waals surface area contributed by atoms with E-state index >= 15 is 0 Å². The second kappa shape index (κ2) is 7.10. The van der Waals surface area contributed by atoms with E-state index in [1.165, 1.54) is 26.1 Å². The molecule has 0 spiro atoms. The number of piperidine rings is 1. The monoisotopic (exact) mass is 336 g/mol. The highest BCUT2D eigenvalue weighted by molar-refractivity contribution is 6.30. The van der Waals surface area contributed by atoms with Gasteiger partial charge in [0.05, 0.1) is 5.60 Å². The molecule has 0 amide bonds. The zero-order valence-corrected chi connectivity index (χ0v) is 15.1. The molecular weight excluding hydrogens is 308 g/mol. The Bertz CT molecular complexity index is 509. The van der Waals surface area contributed by atoms with Crippen molar-refractivity contribution < 1.29 is 5.11 Å². The van der Waals surface area contributed by atoms with Crippen molar-refractivity contribution in [3.05, 3.63) is 34.9 Å². The topological polar surface area (TPSA) is 26.7 Å². The third-order valence-corrected chi connectivity index (χ3v) is 5.88. The number of nitrogens with zero attached hydrogens (tertiary/aromatic N) is 2. The van der Waals surface area contributed by atoms with Gasteiger partial charge in [-0.25, -0.2) is 0 Å².